The van der Waals surface area contributed by atoms with Gasteiger partial charge >= 0.3 is 0 Å². The Labute approximate surface area is 160 Å². The predicted molar refractivity (Wildman–Crippen MR) is 103 cm³/mol. The summed E-state index contributed by atoms with van der Waals surface area (Å²) in [5, 5.41) is 11.5. The van der Waals surface area contributed by atoms with Crippen LogP contribution in [-0.4, -0.2) is 10.9 Å². The van der Waals surface area contributed by atoms with Gasteiger partial charge < -0.3 is 9.73 Å². The van der Waals surface area contributed by atoms with Crippen LogP contribution in [-0.2, 0) is 0 Å². The maximum atomic E-state index is 14.1. The van der Waals surface area contributed by atoms with Crippen LogP contribution in [0.1, 0.15) is 21.5 Å². The highest BCUT2D eigenvalue weighted by Crippen LogP contribution is 2.28. The topological polar surface area (TPSA) is 78.9 Å². The van der Waals surface area contributed by atoms with Crippen molar-refractivity contribution in [3.63, 3.8) is 0 Å². The molecule has 0 unspecified atom stereocenters. The lowest BCUT2D eigenvalue weighted by Gasteiger charge is -2.10. The van der Waals surface area contributed by atoms with Crippen molar-refractivity contribution in [2.75, 3.05) is 5.32 Å². The number of para-hydroxylation sites is 2. The molecule has 0 saturated carbocycles. The van der Waals surface area contributed by atoms with Crippen molar-refractivity contribution in [2.45, 2.75) is 6.92 Å². The van der Waals surface area contributed by atoms with Crippen molar-refractivity contribution < 1.29 is 13.6 Å². The monoisotopic (exact) mass is 371 g/mol. The number of carbonyl (C=O) groups is 1. The van der Waals surface area contributed by atoms with E-state index >= 15 is 0 Å². The minimum atomic E-state index is -0.746. The minimum absolute atomic E-state index is 0.134. The van der Waals surface area contributed by atoms with Crippen LogP contribution in [0.4, 0.5) is 10.1 Å². The molecule has 0 atom stereocenters. The number of oxazole rings is 1. The Kier molecular flexibility index (Phi) is 4.34. The third-order valence-electron chi connectivity index (χ3n) is 4.37. The zero-order chi connectivity index (χ0) is 19.7. The maximum Gasteiger partial charge on any atom is 0.258 e. The third-order valence-corrected chi connectivity index (χ3v) is 4.37. The van der Waals surface area contributed by atoms with E-state index in [2.05, 4.69) is 10.3 Å². The lowest BCUT2D eigenvalue weighted by atomic mass is 10.1. The van der Waals surface area contributed by atoms with Crippen LogP contribution in [0.25, 0.3) is 22.6 Å². The Morgan fingerprint density at radius 1 is 1.14 bits per heavy atom. The predicted octanol–water partition coefficient (Wildman–Crippen LogP) is 5.07. The SMILES string of the molecule is Cc1ccc(-c2nc3ccccc3o2)cc1NC(=O)c1ccc(C#N)cc1F. The fraction of sp³-hybridized carbons (Fsp3) is 0.0455. The normalized spacial score (nSPS) is 10.6. The van der Waals surface area contributed by atoms with E-state index in [9.17, 15) is 9.18 Å². The molecule has 1 aromatic heterocycles. The van der Waals surface area contributed by atoms with Crippen LogP contribution in [0.15, 0.2) is 65.1 Å². The molecule has 0 saturated heterocycles. The number of carbonyl (C=O) groups excluding carboxylic acids is 1. The smallest absolute Gasteiger partial charge is 0.258 e. The molecule has 28 heavy (non-hydrogen) atoms. The second-order valence-electron chi connectivity index (χ2n) is 6.28. The van der Waals surface area contributed by atoms with E-state index in [1.807, 2.05) is 49.4 Å². The number of rotatable bonds is 3. The molecule has 0 aliphatic heterocycles. The van der Waals surface area contributed by atoms with Crippen molar-refractivity contribution in [1.29, 1.82) is 5.26 Å². The third kappa shape index (κ3) is 3.21. The van der Waals surface area contributed by atoms with Gasteiger partial charge in [-0.15, -0.1) is 0 Å². The Balaban J connectivity index is 1.66. The molecule has 1 N–H and O–H groups in total. The summed E-state index contributed by atoms with van der Waals surface area (Å²) in [5.74, 6) is -0.912. The molecule has 4 aromatic rings. The summed E-state index contributed by atoms with van der Waals surface area (Å²) in [6.45, 7) is 1.83. The van der Waals surface area contributed by atoms with Gasteiger partial charge in [-0.25, -0.2) is 9.37 Å². The summed E-state index contributed by atoms with van der Waals surface area (Å²) in [6.07, 6.45) is 0. The number of halogens is 1. The standard InChI is InChI=1S/C22H14FN3O2/c1-13-6-8-15(22-26-18-4-2-3-5-20(18)28-22)11-19(13)25-21(27)16-9-7-14(12-24)10-17(16)23/h2-11H,1H3,(H,25,27). The molecule has 0 radical (unpaired) electrons. The molecule has 5 nitrogen and oxygen atoms in total. The Hall–Kier alpha value is -3.98. The van der Waals surface area contributed by atoms with E-state index in [-0.39, 0.29) is 11.1 Å². The van der Waals surface area contributed by atoms with E-state index in [1.54, 1.807) is 6.07 Å². The van der Waals surface area contributed by atoms with Gasteiger partial charge in [-0.05, 0) is 55.0 Å². The van der Waals surface area contributed by atoms with Gasteiger partial charge in [0.05, 0.1) is 17.2 Å². The quantitative estimate of drug-likeness (QED) is 0.545. The molecule has 0 spiro atoms. The average molecular weight is 371 g/mol. The van der Waals surface area contributed by atoms with E-state index in [1.165, 1.54) is 12.1 Å². The highest BCUT2D eigenvalue weighted by atomic mass is 19.1. The van der Waals surface area contributed by atoms with Gasteiger partial charge in [-0.3, -0.25) is 4.79 Å². The van der Waals surface area contributed by atoms with Gasteiger partial charge in [0.15, 0.2) is 5.58 Å². The molecule has 0 fully saturated rings. The molecule has 1 heterocycles. The van der Waals surface area contributed by atoms with E-state index in [0.29, 0.717) is 22.7 Å². The molecule has 0 aliphatic rings. The largest absolute Gasteiger partial charge is 0.436 e. The van der Waals surface area contributed by atoms with E-state index < -0.39 is 11.7 Å². The number of hydrogen-bond donors (Lipinski definition) is 1. The molecule has 0 bridgehead atoms. The van der Waals surface area contributed by atoms with Crippen molar-refractivity contribution in [3.8, 4) is 17.5 Å². The lowest BCUT2D eigenvalue weighted by Crippen LogP contribution is -2.14. The van der Waals surface area contributed by atoms with Gasteiger partial charge in [0.25, 0.3) is 5.91 Å². The fourth-order valence-corrected chi connectivity index (χ4v) is 2.84. The van der Waals surface area contributed by atoms with Gasteiger partial charge in [-0.1, -0.05) is 18.2 Å². The summed E-state index contributed by atoms with van der Waals surface area (Å²) in [6, 6.07) is 18.4. The molecule has 3 aromatic carbocycles. The average Bonchev–Trinajstić information content (AvgIpc) is 3.13. The number of aryl methyl sites for hydroxylation is 1. The minimum Gasteiger partial charge on any atom is -0.436 e. The molecule has 136 valence electrons. The number of hydrogen-bond acceptors (Lipinski definition) is 4. The summed E-state index contributed by atoms with van der Waals surface area (Å²) in [4.78, 5) is 17.0. The fourth-order valence-electron chi connectivity index (χ4n) is 2.84. The summed E-state index contributed by atoms with van der Waals surface area (Å²) in [7, 11) is 0. The number of fused-ring (bicyclic) bond motifs is 1. The number of nitrogens with zero attached hydrogens (tertiary/aromatic N) is 2. The van der Waals surface area contributed by atoms with Gasteiger partial charge in [0, 0.05) is 11.3 Å². The number of benzene rings is 3. The molecule has 6 heteroatoms. The van der Waals surface area contributed by atoms with Crippen molar-refractivity contribution in [3.05, 3.63) is 83.2 Å². The zero-order valence-electron chi connectivity index (χ0n) is 14.9. The van der Waals surface area contributed by atoms with Crippen LogP contribution < -0.4 is 5.32 Å². The number of aromatic nitrogens is 1. The van der Waals surface area contributed by atoms with Crippen LogP contribution >= 0.6 is 0 Å². The Bertz CT molecular complexity index is 1220. The zero-order valence-corrected chi connectivity index (χ0v) is 14.9. The Morgan fingerprint density at radius 3 is 2.71 bits per heavy atom. The summed E-state index contributed by atoms with van der Waals surface area (Å²) < 4.78 is 19.9. The second-order valence-corrected chi connectivity index (χ2v) is 6.28. The van der Waals surface area contributed by atoms with E-state index in [0.717, 1.165) is 17.1 Å². The molecule has 1 amide bonds. The van der Waals surface area contributed by atoms with Gasteiger partial charge in [-0.2, -0.15) is 5.26 Å². The maximum absolute atomic E-state index is 14.1. The highest BCUT2D eigenvalue weighted by molar-refractivity contribution is 6.05. The van der Waals surface area contributed by atoms with Crippen molar-refractivity contribution >= 4 is 22.7 Å². The molecule has 4 rings (SSSR count). The number of nitrogens with one attached hydrogen (secondary N) is 1. The van der Waals surface area contributed by atoms with E-state index in [4.69, 9.17) is 9.68 Å². The van der Waals surface area contributed by atoms with Gasteiger partial charge in [0.2, 0.25) is 5.89 Å². The molecular weight excluding hydrogens is 357 g/mol. The van der Waals surface area contributed by atoms with Crippen LogP contribution in [0, 0.1) is 24.1 Å². The molecular formula is C22H14FN3O2. The van der Waals surface area contributed by atoms with Crippen LogP contribution in [0.5, 0.6) is 0 Å². The van der Waals surface area contributed by atoms with Crippen molar-refractivity contribution in [2.24, 2.45) is 0 Å². The number of nitriles is 1. The number of amides is 1. The summed E-state index contributed by atoms with van der Waals surface area (Å²) >= 11 is 0. The first-order valence-electron chi connectivity index (χ1n) is 8.53. The van der Waals surface area contributed by atoms with Crippen LogP contribution in [0.2, 0.25) is 0 Å². The number of anilines is 1. The van der Waals surface area contributed by atoms with Crippen molar-refractivity contribution in [1.82, 2.24) is 4.98 Å². The van der Waals surface area contributed by atoms with Crippen LogP contribution in [0.3, 0.4) is 0 Å². The lowest BCUT2D eigenvalue weighted by molar-refractivity contribution is 0.102. The molecule has 0 aliphatic carbocycles. The first-order chi connectivity index (χ1) is 13.5. The van der Waals surface area contributed by atoms with Gasteiger partial charge in [0.1, 0.15) is 11.3 Å². The summed E-state index contributed by atoms with van der Waals surface area (Å²) in [5.41, 5.74) is 3.45. The Morgan fingerprint density at radius 2 is 1.96 bits per heavy atom. The second kappa shape index (κ2) is 6.97. The first-order valence-corrected chi connectivity index (χ1v) is 8.53. The first kappa shape index (κ1) is 17.4. The highest BCUT2D eigenvalue weighted by Gasteiger charge is 2.15.